The molecule has 0 unspecified atom stereocenters. The molecular formula is C18H13N3O2S. The second-order valence-electron chi connectivity index (χ2n) is 5.16. The van der Waals surface area contributed by atoms with E-state index in [1.807, 2.05) is 54.6 Å². The molecule has 0 aliphatic heterocycles. The number of methoxy groups -OCH3 is 1. The summed E-state index contributed by atoms with van der Waals surface area (Å²) in [5.41, 5.74) is 1.89. The normalized spacial score (nSPS) is 10.9. The lowest BCUT2D eigenvalue weighted by atomic mass is 10.2. The molecule has 6 heteroatoms. The van der Waals surface area contributed by atoms with Crippen molar-refractivity contribution in [1.29, 1.82) is 0 Å². The van der Waals surface area contributed by atoms with Crippen molar-refractivity contribution in [3.8, 4) is 22.0 Å². The Morgan fingerprint density at radius 3 is 2.46 bits per heavy atom. The maximum absolute atomic E-state index is 12.3. The fraction of sp³-hybridized carbons (Fsp3) is 0.0556. The van der Waals surface area contributed by atoms with Gasteiger partial charge in [0.25, 0.3) is 0 Å². The van der Waals surface area contributed by atoms with Gasteiger partial charge in [0.15, 0.2) is 5.65 Å². The topological polar surface area (TPSA) is 57.0 Å². The van der Waals surface area contributed by atoms with Crippen molar-refractivity contribution in [2.24, 2.45) is 0 Å². The predicted octanol–water partition coefficient (Wildman–Crippen LogP) is 3.52. The first-order chi connectivity index (χ1) is 11.7. The first-order valence-corrected chi connectivity index (χ1v) is 8.16. The molecule has 2 aromatic heterocycles. The molecule has 0 saturated heterocycles. The van der Waals surface area contributed by atoms with Crippen LogP contribution in [0.4, 0.5) is 0 Å². The van der Waals surface area contributed by atoms with Gasteiger partial charge in [0.1, 0.15) is 10.8 Å². The second kappa shape index (κ2) is 5.90. The van der Waals surface area contributed by atoms with Crippen LogP contribution in [-0.2, 0) is 0 Å². The van der Waals surface area contributed by atoms with Crippen LogP contribution in [-0.4, -0.2) is 21.6 Å². The molecular weight excluding hydrogens is 322 g/mol. The molecule has 0 bridgehead atoms. The number of ether oxygens (including phenoxy) is 1. The van der Waals surface area contributed by atoms with Gasteiger partial charge in [-0.05, 0) is 24.3 Å². The fourth-order valence-electron chi connectivity index (χ4n) is 2.44. The monoisotopic (exact) mass is 335 g/mol. The standard InChI is InChI=1S/C18H13N3O2S/c1-23-14-9-7-13(8-10-14)21-11-15-16(20-18(21)22)19-17(24-15)12-5-3-2-4-6-12/h2-11H,1H3. The molecule has 0 aliphatic rings. The summed E-state index contributed by atoms with van der Waals surface area (Å²) < 4.78 is 7.53. The third-order valence-electron chi connectivity index (χ3n) is 3.66. The number of benzene rings is 2. The summed E-state index contributed by atoms with van der Waals surface area (Å²) in [6.07, 6.45) is 1.79. The Labute approximate surface area is 141 Å². The molecule has 4 aromatic rings. The number of rotatable bonds is 3. The van der Waals surface area contributed by atoms with E-state index >= 15 is 0 Å². The lowest BCUT2D eigenvalue weighted by molar-refractivity contribution is 0.414. The summed E-state index contributed by atoms with van der Waals surface area (Å²) in [6.45, 7) is 0. The highest BCUT2D eigenvalue weighted by atomic mass is 32.1. The summed E-state index contributed by atoms with van der Waals surface area (Å²) in [7, 11) is 1.61. The van der Waals surface area contributed by atoms with E-state index in [1.54, 1.807) is 13.3 Å². The third-order valence-corrected chi connectivity index (χ3v) is 4.69. The molecule has 0 spiro atoms. The van der Waals surface area contributed by atoms with Gasteiger partial charge in [-0.1, -0.05) is 30.3 Å². The number of thiazole rings is 1. The summed E-state index contributed by atoms with van der Waals surface area (Å²) in [5.74, 6) is 0.741. The fourth-order valence-corrected chi connectivity index (χ4v) is 3.37. The minimum atomic E-state index is -0.349. The molecule has 0 fully saturated rings. The molecule has 0 aliphatic carbocycles. The minimum absolute atomic E-state index is 0.349. The van der Waals surface area contributed by atoms with Gasteiger partial charge < -0.3 is 4.74 Å². The molecule has 0 radical (unpaired) electrons. The van der Waals surface area contributed by atoms with Crippen molar-refractivity contribution in [3.63, 3.8) is 0 Å². The van der Waals surface area contributed by atoms with Gasteiger partial charge in [0.05, 0.1) is 17.5 Å². The van der Waals surface area contributed by atoms with Gasteiger partial charge in [0, 0.05) is 11.8 Å². The van der Waals surface area contributed by atoms with E-state index in [9.17, 15) is 4.79 Å². The van der Waals surface area contributed by atoms with Crippen molar-refractivity contribution in [2.45, 2.75) is 0 Å². The van der Waals surface area contributed by atoms with Crippen LogP contribution in [0.15, 0.2) is 65.6 Å². The number of fused-ring (bicyclic) bond motifs is 1. The SMILES string of the molecule is COc1ccc(-n2cc3sc(-c4ccccc4)nc3nc2=O)cc1. The molecule has 24 heavy (non-hydrogen) atoms. The Hall–Kier alpha value is -2.99. The van der Waals surface area contributed by atoms with Gasteiger partial charge in [0.2, 0.25) is 0 Å². The van der Waals surface area contributed by atoms with E-state index in [0.717, 1.165) is 26.7 Å². The van der Waals surface area contributed by atoms with Gasteiger partial charge in [-0.3, -0.25) is 4.57 Å². The van der Waals surface area contributed by atoms with Crippen LogP contribution in [0.25, 0.3) is 26.6 Å². The smallest absolute Gasteiger partial charge is 0.354 e. The maximum Gasteiger partial charge on any atom is 0.354 e. The summed E-state index contributed by atoms with van der Waals surface area (Å²) in [5, 5.41) is 0.852. The van der Waals surface area contributed by atoms with Crippen LogP contribution in [0.1, 0.15) is 0 Å². The molecule has 2 aromatic carbocycles. The van der Waals surface area contributed by atoms with E-state index in [1.165, 1.54) is 15.9 Å². The lowest BCUT2D eigenvalue weighted by Gasteiger charge is -2.05. The van der Waals surface area contributed by atoms with Crippen molar-refractivity contribution in [2.75, 3.05) is 7.11 Å². The van der Waals surface area contributed by atoms with Gasteiger partial charge in [-0.15, -0.1) is 11.3 Å². The zero-order valence-corrected chi connectivity index (χ0v) is 13.7. The van der Waals surface area contributed by atoms with E-state index in [2.05, 4.69) is 9.97 Å². The van der Waals surface area contributed by atoms with Gasteiger partial charge >= 0.3 is 5.69 Å². The molecule has 0 amide bonds. The zero-order valence-electron chi connectivity index (χ0n) is 12.8. The van der Waals surface area contributed by atoms with Crippen LogP contribution in [0.3, 0.4) is 0 Å². The van der Waals surface area contributed by atoms with Gasteiger partial charge in [-0.2, -0.15) is 4.98 Å². The van der Waals surface area contributed by atoms with Crippen LogP contribution < -0.4 is 10.4 Å². The first kappa shape index (κ1) is 14.6. The third kappa shape index (κ3) is 2.57. The van der Waals surface area contributed by atoms with Crippen molar-refractivity contribution >= 4 is 21.7 Å². The Kier molecular flexibility index (Phi) is 3.59. The number of hydrogen-bond acceptors (Lipinski definition) is 5. The molecule has 2 heterocycles. The first-order valence-electron chi connectivity index (χ1n) is 7.35. The van der Waals surface area contributed by atoms with E-state index in [0.29, 0.717) is 5.65 Å². The number of nitrogens with zero attached hydrogens (tertiary/aromatic N) is 3. The quantitative estimate of drug-likeness (QED) is 0.575. The Morgan fingerprint density at radius 2 is 1.75 bits per heavy atom. The molecule has 5 nitrogen and oxygen atoms in total. The Balaban J connectivity index is 1.83. The average Bonchev–Trinajstić information content (AvgIpc) is 3.05. The predicted molar refractivity (Wildman–Crippen MR) is 95.0 cm³/mol. The molecule has 118 valence electrons. The summed E-state index contributed by atoms with van der Waals surface area (Å²) >= 11 is 1.52. The Bertz CT molecular complexity index is 1050. The highest BCUT2D eigenvalue weighted by molar-refractivity contribution is 7.21. The van der Waals surface area contributed by atoms with Crippen molar-refractivity contribution in [3.05, 3.63) is 71.3 Å². The van der Waals surface area contributed by atoms with E-state index in [4.69, 9.17) is 4.74 Å². The highest BCUT2D eigenvalue weighted by Crippen LogP contribution is 2.28. The van der Waals surface area contributed by atoms with Gasteiger partial charge in [-0.25, -0.2) is 9.78 Å². The summed E-state index contributed by atoms with van der Waals surface area (Å²) in [4.78, 5) is 20.9. The van der Waals surface area contributed by atoms with Crippen molar-refractivity contribution < 1.29 is 4.74 Å². The molecule has 0 atom stereocenters. The van der Waals surface area contributed by atoms with Crippen LogP contribution in [0.5, 0.6) is 5.75 Å². The second-order valence-corrected chi connectivity index (χ2v) is 6.20. The summed E-state index contributed by atoms with van der Waals surface area (Å²) in [6, 6.07) is 17.2. The molecule has 0 saturated carbocycles. The minimum Gasteiger partial charge on any atom is -0.497 e. The van der Waals surface area contributed by atoms with Crippen molar-refractivity contribution in [1.82, 2.24) is 14.5 Å². The van der Waals surface area contributed by atoms with Crippen LogP contribution in [0, 0.1) is 0 Å². The maximum atomic E-state index is 12.3. The largest absolute Gasteiger partial charge is 0.497 e. The van der Waals surface area contributed by atoms with Crippen LogP contribution in [0.2, 0.25) is 0 Å². The molecule has 4 rings (SSSR count). The zero-order chi connectivity index (χ0) is 16.5. The molecule has 0 N–H and O–H groups in total. The average molecular weight is 335 g/mol. The van der Waals surface area contributed by atoms with E-state index in [-0.39, 0.29) is 5.69 Å². The number of hydrogen-bond donors (Lipinski definition) is 0. The Morgan fingerprint density at radius 1 is 1.00 bits per heavy atom. The highest BCUT2D eigenvalue weighted by Gasteiger charge is 2.10. The number of aromatic nitrogens is 3. The van der Waals surface area contributed by atoms with E-state index < -0.39 is 0 Å². The lowest BCUT2D eigenvalue weighted by Crippen LogP contribution is -2.20. The van der Waals surface area contributed by atoms with Crippen LogP contribution >= 0.6 is 11.3 Å².